The van der Waals surface area contributed by atoms with Crippen LogP contribution in [-0.4, -0.2) is 30.3 Å². The van der Waals surface area contributed by atoms with E-state index in [4.69, 9.17) is 4.74 Å². The van der Waals surface area contributed by atoms with Crippen LogP contribution in [0.25, 0.3) is 0 Å². The highest BCUT2D eigenvalue weighted by Crippen LogP contribution is 2.18. The smallest absolute Gasteiger partial charge is 0.225 e. The van der Waals surface area contributed by atoms with E-state index in [1.807, 2.05) is 38.1 Å². The molecule has 0 radical (unpaired) electrons. The second-order valence-electron chi connectivity index (χ2n) is 4.61. The lowest BCUT2D eigenvalue weighted by Crippen LogP contribution is -2.48. The minimum atomic E-state index is -0.556. The number of rotatable bonds is 6. The number of para-hydroxylation sites is 1. The molecule has 0 saturated carbocycles. The molecule has 1 aromatic rings. The molecule has 18 heavy (non-hydrogen) atoms. The molecule has 1 rings (SSSR count). The van der Waals surface area contributed by atoms with Gasteiger partial charge in [0.25, 0.3) is 0 Å². The van der Waals surface area contributed by atoms with Crippen molar-refractivity contribution >= 4 is 5.91 Å². The Morgan fingerprint density at radius 3 is 2.67 bits per heavy atom. The molecule has 0 aliphatic rings. The largest absolute Gasteiger partial charge is 0.496 e. The number of carbonyl (C=O) groups excluding carboxylic acids is 1. The van der Waals surface area contributed by atoms with E-state index in [1.54, 1.807) is 7.11 Å². The van der Waals surface area contributed by atoms with Crippen molar-refractivity contribution < 1.29 is 14.6 Å². The lowest BCUT2D eigenvalue weighted by atomic mass is 9.99. The summed E-state index contributed by atoms with van der Waals surface area (Å²) in [4.78, 5) is 11.9. The van der Waals surface area contributed by atoms with E-state index >= 15 is 0 Å². The van der Waals surface area contributed by atoms with Crippen LogP contribution in [0.4, 0.5) is 0 Å². The third kappa shape index (κ3) is 3.74. The molecular formula is C14H21NO3. The van der Waals surface area contributed by atoms with Crippen LogP contribution in [0.2, 0.25) is 0 Å². The summed E-state index contributed by atoms with van der Waals surface area (Å²) >= 11 is 0. The monoisotopic (exact) mass is 251 g/mol. The van der Waals surface area contributed by atoms with E-state index in [9.17, 15) is 9.90 Å². The van der Waals surface area contributed by atoms with Crippen LogP contribution in [0.5, 0.6) is 5.75 Å². The summed E-state index contributed by atoms with van der Waals surface area (Å²) < 4.78 is 5.20. The van der Waals surface area contributed by atoms with E-state index in [-0.39, 0.29) is 18.9 Å². The Labute approximate surface area is 108 Å². The van der Waals surface area contributed by atoms with E-state index < -0.39 is 5.54 Å². The Morgan fingerprint density at radius 2 is 2.11 bits per heavy atom. The molecule has 0 aliphatic carbocycles. The van der Waals surface area contributed by atoms with E-state index in [0.717, 1.165) is 5.56 Å². The van der Waals surface area contributed by atoms with Crippen LogP contribution in [0.15, 0.2) is 24.3 Å². The average Bonchev–Trinajstić information content (AvgIpc) is 2.39. The fraction of sp³-hybridized carbons (Fsp3) is 0.500. The van der Waals surface area contributed by atoms with Gasteiger partial charge in [0.15, 0.2) is 0 Å². The van der Waals surface area contributed by atoms with E-state index in [2.05, 4.69) is 5.32 Å². The summed E-state index contributed by atoms with van der Waals surface area (Å²) in [5, 5.41) is 12.1. The van der Waals surface area contributed by atoms with E-state index in [1.165, 1.54) is 0 Å². The molecule has 100 valence electrons. The van der Waals surface area contributed by atoms with Gasteiger partial charge in [0, 0.05) is 5.56 Å². The van der Waals surface area contributed by atoms with Crippen LogP contribution in [0, 0.1) is 0 Å². The van der Waals surface area contributed by atoms with Gasteiger partial charge in [-0.3, -0.25) is 4.79 Å². The number of nitrogens with one attached hydrogen (secondary N) is 1. The second kappa shape index (κ2) is 6.40. The molecule has 1 aromatic carbocycles. The minimum absolute atomic E-state index is 0.0683. The highest BCUT2D eigenvalue weighted by Gasteiger charge is 2.23. The summed E-state index contributed by atoms with van der Waals surface area (Å²) in [6, 6.07) is 7.43. The van der Waals surface area contributed by atoms with Gasteiger partial charge in [0.05, 0.1) is 25.7 Å². The molecule has 0 bridgehead atoms. The van der Waals surface area contributed by atoms with E-state index in [0.29, 0.717) is 12.2 Å². The van der Waals surface area contributed by atoms with Gasteiger partial charge >= 0.3 is 0 Å². The van der Waals surface area contributed by atoms with Crippen LogP contribution in [-0.2, 0) is 11.2 Å². The third-order valence-electron chi connectivity index (χ3n) is 3.11. The Hall–Kier alpha value is -1.55. The van der Waals surface area contributed by atoms with Crippen molar-refractivity contribution in [3.8, 4) is 5.75 Å². The molecule has 1 atom stereocenters. The predicted octanol–water partition coefficient (Wildman–Crippen LogP) is 1.51. The highest BCUT2D eigenvalue weighted by atomic mass is 16.5. The molecule has 0 aromatic heterocycles. The number of carbonyl (C=O) groups is 1. The first-order valence-corrected chi connectivity index (χ1v) is 6.08. The maximum atomic E-state index is 11.9. The molecule has 2 N–H and O–H groups in total. The summed E-state index contributed by atoms with van der Waals surface area (Å²) in [7, 11) is 1.58. The number of aliphatic hydroxyl groups is 1. The Bertz CT molecular complexity index is 400. The Kier molecular flexibility index (Phi) is 5.16. The number of hydrogen-bond acceptors (Lipinski definition) is 3. The Morgan fingerprint density at radius 1 is 1.44 bits per heavy atom. The van der Waals surface area contributed by atoms with Gasteiger partial charge in [-0.25, -0.2) is 0 Å². The molecule has 1 amide bonds. The first-order chi connectivity index (χ1) is 8.54. The fourth-order valence-corrected chi connectivity index (χ4v) is 1.64. The van der Waals surface area contributed by atoms with Crippen LogP contribution in [0.1, 0.15) is 25.8 Å². The lowest BCUT2D eigenvalue weighted by Gasteiger charge is -2.27. The van der Waals surface area contributed by atoms with Crippen LogP contribution in [0.3, 0.4) is 0 Å². The summed E-state index contributed by atoms with van der Waals surface area (Å²) in [5.74, 6) is 0.591. The van der Waals surface area contributed by atoms with Crippen molar-refractivity contribution in [1.29, 1.82) is 0 Å². The Balaban J connectivity index is 2.70. The van der Waals surface area contributed by atoms with Gasteiger partial charge in [-0.1, -0.05) is 25.1 Å². The number of aliphatic hydroxyl groups excluding tert-OH is 1. The molecule has 4 nitrogen and oxygen atoms in total. The van der Waals surface area contributed by atoms with Crippen LogP contribution >= 0.6 is 0 Å². The number of benzene rings is 1. The van der Waals surface area contributed by atoms with Crippen molar-refractivity contribution in [2.45, 2.75) is 32.2 Å². The highest BCUT2D eigenvalue weighted by molar-refractivity contribution is 5.80. The number of hydrogen-bond donors (Lipinski definition) is 2. The SMILES string of the molecule is CCC(C)(CO)NC(=O)Cc1ccccc1OC. The lowest BCUT2D eigenvalue weighted by molar-refractivity contribution is -0.122. The van der Waals surface area contributed by atoms with Crippen molar-refractivity contribution in [3.63, 3.8) is 0 Å². The second-order valence-corrected chi connectivity index (χ2v) is 4.61. The summed E-state index contributed by atoms with van der Waals surface area (Å²) in [6.07, 6.45) is 0.931. The normalized spacial score (nSPS) is 13.8. The molecule has 0 saturated heterocycles. The van der Waals surface area contributed by atoms with Crippen LogP contribution < -0.4 is 10.1 Å². The summed E-state index contributed by atoms with van der Waals surface area (Å²) in [6.45, 7) is 3.69. The van der Waals surface area contributed by atoms with Gasteiger partial charge in [0.2, 0.25) is 5.91 Å². The maximum absolute atomic E-state index is 11.9. The van der Waals surface area contributed by atoms with Gasteiger partial charge in [0.1, 0.15) is 5.75 Å². The molecule has 0 aliphatic heterocycles. The zero-order valence-corrected chi connectivity index (χ0v) is 11.2. The molecule has 4 heteroatoms. The number of ether oxygens (including phenoxy) is 1. The average molecular weight is 251 g/mol. The standard InChI is InChI=1S/C14H21NO3/c1-4-14(2,10-16)15-13(17)9-11-7-5-6-8-12(11)18-3/h5-8,16H,4,9-10H2,1-3H3,(H,15,17). The van der Waals surface area contributed by atoms with Gasteiger partial charge in [-0.15, -0.1) is 0 Å². The van der Waals surface area contributed by atoms with Crippen molar-refractivity contribution in [1.82, 2.24) is 5.32 Å². The molecule has 0 heterocycles. The maximum Gasteiger partial charge on any atom is 0.225 e. The quantitative estimate of drug-likeness (QED) is 0.806. The topological polar surface area (TPSA) is 58.6 Å². The number of amides is 1. The van der Waals surface area contributed by atoms with Crippen molar-refractivity contribution in [3.05, 3.63) is 29.8 Å². The minimum Gasteiger partial charge on any atom is -0.496 e. The third-order valence-corrected chi connectivity index (χ3v) is 3.11. The van der Waals surface area contributed by atoms with Crippen molar-refractivity contribution in [2.24, 2.45) is 0 Å². The van der Waals surface area contributed by atoms with Gasteiger partial charge in [-0.2, -0.15) is 0 Å². The number of methoxy groups -OCH3 is 1. The molecule has 0 fully saturated rings. The van der Waals surface area contributed by atoms with Gasteiger partial charge < -0.3 is 15.2 Å². The zero-order valence-electron chi connectivity index (χ0n) is 11.2. The molecular weight excluding hydrogens is 230 g/mol. The van der Waals surface area contributed by atoms with Crippen molar-refractivity contribution in [2.75, 3.05) is 13.7 Å². The molecule has 1 unspecified atom stereocenters. The first-order valence-electron chi connectivity index (χ1n) is 6.08. The van der Waals surface area contributed by atoms with Gasteiger partial charge in [-0.05, 0) is 19.4 Å². The molecule has 0 spiro atoms. The zero-order chi connectivity index (χ0) is 13.6. The summed E-state index contributed by atoms with van der Waals surface area (Å²) in [5.41, 5.74) is 0.285. The predicted molar refractivity (Wildman–Crippen MR) is 70.6 cm³/mol. The fourth-order valence-electron chi connectivity index (χ4n) is 1.64. The first kappa shape index (κ1) is 14.5.